The lowest BCUT2D eigenvalue weighted by Crippen LogP contribution is -2.58. The van der Waals surface area contributed by atoms with Crippen LogP contribution in [0.4, 0.5) is 11.4 Å². The molecule has 3 aliphatic heterocycles. The third-order valence-corrected chi connectivity index (χ3v) is 8.88. The number of rotatable bonds is 5. The van der Waals surface area contributed by atoms with E-state index in [1.807, 2.05) is 31.3 Å². The third kappa shape index (κ3) is 5.49. The Bertz CT molecular complexity index is 1360. The molecule has 1 aromatic carbocycles. The molecule has 3 aromatic rings. The first-order chi connectivity index (χ1) is 19.5. The summed E-state index contributed by atoms with van der Waals surface area (Å²) in [7, 11) is -0.395. The Morgan fingerprint density at radius 3 is 2.52 bits per heavy atom. The van der Waals surface area contributed by atoms with Crippen LogP contribution in [0.15, 0.2) is 42.9 Å². The average molecular weight is 539 g/mol. The Morgan fingerprint density at radius 1 is 0.975 bits per heavy atom. The van der Waals surface area contributed by atoms with Crippen molar-refractivity contribution in [3.05, 3.63) is 54.2 Å². The minimum Gasteiger partial charge on any atom is -0.437 e. The van der Waals surface area contributed by atoms with Crippen LogP contribution >= 0.6 is 0 Å². The highest BCUT2D eigenvalue weighted by Gasteiger charge is 2.35. The number of anilines is 2. The molecular formula is C29H38BN9O. The van der Waals surface area contributed by atoms with E-state index in [1.165, 1.54) is 5.69 Å². The highest BCUT2D eigenvalue weighted by atomic mass is 16.2. The van der Waals surface area contributed by atoms with Gasteiger partial charge in [0.1, 0.15) is 11.9 Å². The lowest BCUT2D eigenvalue weighted by atomic mass is 9.84. The van der Waals surface area contributed by atoms with Crippen molar-refractivity contribution in [2.24, 2.45) is 0 Å². The monoisotopic (exact) mass is 539 g/mol. The summed E-state index contributed by atoms with van der Waals surface area (Å²) in [5.41, 5.74) is 3.65. The van der Waals surface area contributed by atoms with Gasteiger partial charge in [-0.25, -0.2) is 9.97 Å². The maximum Gasteiger partial charge on any atom is 0.376 e. The van der Waals surface area contributed by atoms with Gasteiger partial charge in [0.2, 0.25) is 0 Å². The van der Waals surface area contributed by atoms with Crippen molar-refractivity contribution >= 4 is 29.3 Å². The van der Waals surface area contributed by atoms with Crippen LogP contribution in [0, 0.1) is 11.3 Å². The number of aromatic nitrogens is 3. The molecule has 2 atom stereocenters. The van der Waals surface area contributed by atoms with Crippen molar-refractivity contribution < 1.29 is 5.02 Å². The van der Waals surface area contributed by atoms with Gasteiger partial charge < -0.3 is 19.6 Å². The van der Waals surface area contributed by atoms with Crippen molar-refractivity contribution in [3.63, 3.8) is 0 Å². The number of nitriles is 1. The second-order valence-corrected chi connectivity index (χ2v) is 11.4. The summed E-state index contributed by atoms with van der Waals surface area (Å²) < 4.78 is 0. The molecule has 0 radical (unpaired) electrons. The molecular weight excluding hydrogens is 501 g/mol. The summed E-state index contributed by atoms with van der Waals surface area (Å²) >= 11 is 0. The van der Waals surface area contributed by atoms with Gasteiger partial charge in [-0.3, -0.25) is 14.8 Å². The van der Waals surface area contributed by atoms with Crippen molar-refractivity contribution in [2.45, 2.75) is 38.8 Å². The Labute approximate surface area is 237 Å². The maximum atomic E-state index is 9.81. The lowest BCUT2D eigenvalue weighted by molar-refractivity contribution is 0.127. The standard InChI is InChI=1S/C29H38BN9O/c1-22-19-37(27-6-5-23(16-31)29-26(27)4-3-8-32-29)20-24-7-9-35(10-15-39(22)24)21-28-33-17-25(18-34-28)36-11-13-38(14-12-36)30(2)40/h3-6,8,17-18,22,24,40H,7,9-15,19-21H2,1-2H3/t22-,24+/m1/s1. The molecule has 5 heterocycles. The van der Waals surface area contributed by atoms with Crippen LogP contribution in [0.3, 0.4) is 0 Å². The summed E-state index contributed by atoms with van der Waals surface area (Å²) in [5, 5.41) is 20.4. The Balaban J connectivity index is 1.09. The van der Waals surface area contributed by atoms with Crippen molar-refractivity contribution in [1.29, 1.82) is 5.26 Å². The van der Waals surface area contributed by atoms with Gasteiger partial charge in [0.15, 0.2) is 0 Å². The molecule has 3 saturated heterocycles. The molecule has 3 fully saturated rings. The fraction of sp³-hybridized carbons (Fsp3) is 0.517. The number of hydrogen-bond acceptors (Lipinski definition) is 10. The van der Waals surface area contributed by atoms with E-state index in [2.05, 4.69) is 54.5 Å². The van der Waals surface area contributed by atoms with E-state index in [9.17, 15) is 10.3 Å². The van der Waals surface area contributed by atoms with Crippen molar-refractivity contribution in [1.82, 2.24) is 29.6 Å². The van der Waals surface area contributed by atoms with E-state index in [-0.39, 0.29) is 0 Å². The molecule has 2 aromatic heterocycles. The molecule has 40 heavy (non-hydrogen) atoms. The lowest BCUT2D eigenvalue weighted by Gasteiger charge is -2.46. The number of piperazine rings is 2. The summed E-state index contributed by atoms with van der Waals surface area (Å²) in [5.74, 6) is 0.873. The number of pyridine rings is 1. The zero-order chi connectivity index (χ0) is 27.6. The first-order valence-electron chi connectivity index (χ1n) is 14.5. The van der Waals surface area contributed by atoms with Gasteiger partial charge in [-0.1, -0.05) is 0 Å². The van der Waals surface area contributed by atoms with E-state index in [4.69, 9.17) is 9.97 Å². The molecule has 3 aliphatic rings. The van der Waals surface area contributed by atoms with Gasteiger partial charge in [-0.05, 0) is 44.4 Å². The minimum atomic E-state index is -0.395. The second-order valence-electron chi connectivity index (χ2n) is 11.4. The molecule has 0 saturated carbocycles. The minimum absolute atomic E-state index is 0.395. The summed E-state index contributed by atoms with van der Waals surface area (Å²) in [4.78, 5) is 26.0. The fourth-order valence-electron chi connectivity index (χ4n) is 6.60. The van der Waals surface area contributed by atoms with E-state index in [0.29, 0.717) is 17.6 Å². The average Bonchev–Trinajstić information content (AvgIpc) is 3.19. The Morgan fingerprint density at radius 2 is 1.77 bits per heavy atom. The second kappa shape index (κ2) is 11.7. The molecule has 0 unspecified atom stereocenters. The number of benzene rings is 1. The van der Waals surface area contributed by atoms with Gasteiger partial charge in [0.05, 0.1) is 35.7 Å². The predicted octanol–water partition coefficient (Wildman–Crippen LogP) is 1.91. The highest BCUT2D eigenvalue weighted by Crippen LogP contribution is 2.32. The van der Waals surface area contributed by atoms with Gasteiger partial charge >= 0.3 is 7.05 Å². The molecule has 208 valence electrons. The Hall–Kier alpha value is -3.30. The zero-order valence-electron chi connectivity index (χ0n) is 23.5. The van der Waals surface area contributed by atoms with Crippen LogP contribution in [0.5, 0.6) is 0 Å². The number of fused-ring (bicyclic) bond motifs is 2. The zero-order valence-corrected chi connectivity index (χ0v) is 23.5. The van der Waals surface area contributed by atoms with Crippen LogP contribution < -0.4 is 9.80 Å². The van der Waals surface area contributed by atoms with E-state index < -0.39 is 7.05 Å². The molecule has 0 aliphatic carbocycles. The first-order valence-corrected chi connectivity index (χ1v) is 14.5. The summed E-state index contributed by atoms with van der Waals surface area (Å²) in [6.07, 6.45) is 6.78. The highest BCUT2D eigenvalue weighted by molar-refractivity contribution is 6.45. The quantitative estimate of drug-likeness (QED) is 0.485. The molecule has 0 bridgehead atoms. The first kappa shape index (κ1) is 26.9. The van der Waals surface area contributed by atoms with E-state index in [0.717, 1.165) is 94.3 Å². The SMILES string of the molecule is CB(O)N1CCN(c2cnc(CN3CC[C@H]4CN(c5ccc(C#N)c6ncccc56)C[C@@H](C)N4CC3)nc2)CC1. The summed E-state index contributed by atoms with van der Waals surface area (Å²) in [6, 6.07) is 11.3. The van der Waals surface area contributed by atoms with Crippen molar-refractivity contribution in [3.8, 4) is 6.07 Å². The third-order valence-electron chi connectivity index (χ3n) is 8.88. The maximum absolute atomic E-state index is 9.81. The van der Waals surface area contributed by atoms with Crippen LogP contribution in [0.2, 0.25) is 6.82 Å². The van der Waals surface area contributed by atoms with Crippen LogP contribution in [0.1, 0.15) is 24.7 Å². The normalized spacial score (nSPS) is 23.1. The number of hydrogen-bond donors (Lipinski definition) is 1. The molecule has 6 rings (SSSR count). The van der Waals surface area contributed by atoms with Crippen LogP contribution in [0.25, 0.3) is 10.9 Å². The van der Waals surface area contributed by atoms with Gasteiger partial charge in [-0.15, -0.1) is 0 Å². The largest absolute Gasteiger partial charge is 0.437 e. The van der Waals surface area contributed by atoms with Gasteiger partial charge in [0.25, 0.3) is 0 Å². The van der Waals surface area contributed by atoms with Gasteiger partial charge in [-0.2, -0.15) is 5.26 Å². The topological polar surface area (TPSA) is 98.9 Å². The fourth-order valence-corrected chi connectivity index (χ4v) is 6.60. The molecule has 0 amide bonds. The van der Waals surface area contributed by atoms with E-state index >= 15 is 0 Å². The number of nitrogens with zero attached hydrogens (tertiary/aromatic N) is 9. The van der Waals surface area contributed by atoms with E-state index in [1.54, 1.807) is 6.20 Å². The Kier molecular flexibility index (Phi) is 7.85. The smallest absolute Gasteiger partial charge is 0.376 e. The van der Waals surface area contributed by atoms with Crippen LogP contribution in [-0.2, 0) is 6.54 Å². The predicted molar refractivity (Wildman–Crippen MR) is 158 cm³/mol. The molecule has 10 nitrogen and oxygen atoms in total. The molecule has 1 N–H and O–H groups in total. The van der Waals surface area contributed by atoms with Crippen LogP contribution in [-0.4, -0.2) is 113 Å². The van der Waals surface area contributed by atoms with Crippen molar-refractivity contribution in [2.75, 3.05) is 68.7 Å². The molecule has 11 heteroatoms. The van der Waals surface area contributed by atoms with Gasteiger partial charge in [0, 0.05) is 88.3 Å². The summed E-state index contributed by atoms with van der Waals surface area (Å²) in [6.45, 7) is 13.4. The molecule has 0 spiro atoms.